The third-order valence-corrected chi connectivity index (χ3v) is 7.31. The van der Waals surface area contributed by atoms with E-state index in [1.807, 2.05) is 48.8 Å². The first-order chi connectivity index (χ1) is 19.1. The van der Waals surface area contributed by atoms with Crippen LogP contribution >= 0.6 is 0 Å². The minimum Gasteiger partial charge on any atom is -0.327 e. The Kier molecular flexibility index (Phi) is 5.33. The molecule has 0 aliphatic carbocycles. The van der Waals surface area contributed by atoms with Crippen molar-refractivity contribution in [1.29, 1.82) is 0 Å². The van der Waals surface area contributed by atoms with Crippen LogP contribution in [0.25, 0.3) is 44.6 Å². The number of amides is 1. The number of aryl methyl sites for hydroxylation is 2. The maximum Gasteiger partial charge on any atom is 0.272 e. The molecule has 1 aliphatic rings. The zero-order valence-corrected chi connectivity index (χ0v) is 21.6. The number of imidazole rings is 2. The maximum absolute atomic E-state index is 12.2. The van der Waals surface area contributed by atoms with Crippen molar-refractivity contribution in [1.82, 2.24) is 19.1 Å². The lowest BCUT2D eigenvalue weighted by atomic mass is 10.0. The average Bonchev–Trinajstić information content (AvgIpc) is 3.67. The van der Waals surface area contributed by atoms with E-state index in [0.717, 1.165) is 61.4 Å². The Morgan fingerprint density at radius 3 is 2.46 bits per heavy atom. The van der Waals surface area contributed by atoms with Gasteiger partial charge in [0.2, 0.25) is 0 Å². The molecule has 0 saturated carbocycles. The fourth-order valence-corrected chi connectivity index (χ4v) is 5.34. The number of carbonyl (C=O) groups excluding carboxylic acids is 1. The molecule has 3 heterocycles. The molecule has 190 valence electrons. The van der Waals surface area contributed by atoms with E-state index in [4.69, 9.17) is 9.97 Å². The number of benzene rings is 4. The molecule has 8 heteroatoms. The summed E-state index contributed by atoms with van der Waals surface area (Å²) in [6, 6.07) is 28.7. The number of anilines is 1. The van der Waals surface area contributed by atoms with E-state index in [1.165, 1.54) is 5.01 Å². The molecule has 0 unspecified atom stereocenters. The van der Waals surface area contributed by atoms with E-state index in [1.54, 1.807) is 0 Å². The lowest BCUT2D eigenvalue weighted by Gasteiger charge is -2.15. The molecule has 0 fully saturated rings. The lowest BCUT2D eigenvalue weighted by molar-refractivity contribution is -0.116. The van der Waals surface area contributed by atoms with Crippen LogP contribution in [0.15, 0.2) is 102 Å². The van der Waals surface area contributed by atoms with Crippen molar-refractivity contribution in [2.75, 3.05) is 11.6 Å². The largest absolute Gasteiger partial charge is 0.327 e. The van der Waals surface area contributed by atoms with Gasteiger partial charge < -0.3 is 9.13 Å². The van der Waals surface area contributed by atoms with Crippen LogP contribution in [0.1, 0.15) is 11.1 Å². The Balaban J connectivity index is 1.22. The highest BCUT2D eigenvalue weighted by Gasteiger charge is 2.23. The first kappa shape index (κ1) is 23.0. The molecule has 1 amide bonds. The minimum atomic E-state index is -0.126. The molecular weight excluding hydrogens is 486 g/mol. The summed E-state index contributed by atoms with van der Waals surface area (Å²) >= 11 is 0. The van der Waals surface area contributed by atoms with Gasteiger partial charge in [-0.15, -0.1) is 0 Å². The molecule has 39 heavy (non-hydrogen) atoms. The quantitative estimate of drug-likeness (QED) is 0.271. The molecule has 0 bridgehead atoms. The van der Waals surface area contributed by atoms with Gasteiger partial charge in [0.1, 0.15) is 12.4 Å². The van der Waals surface area contributed by atoms with Gasteiger partial charge in [0, 0.05) is 24.7 Å². The fourth-order valence-electron chi connectivity index (χ4n) is 5.34. The molecule has 8 nitrogen and oxygen atoms in total. The van der Waals surface area contributed by atoms with E-state index in [2.05, 4.69) is 75.9 Å². The molecule has 0 spiro atoms. The number of hydrogen-bond acceptors (Lipinski definition) is 5. The summed E-state index contributed by atoms with van der Waals surface area (Å²) in [4.78, 5) is 21.8. The number of rotatable bonds is 5. The van der Waals surface area contributed by atoms with Gasteiger partial charge in [-0.25, -0.2) is 9.97 Å². The van der Waals surface area contributed by atoms with E-state index in [9.17, 15) is 4.79 Å². The standard InChI is InChI=1S/C31H25N7O/c1-20-15-23(31-34-25-8-4-6-10-27(25)36(31)2)16-28-30(20)32-19-37(28)18-21-11-13-22(14-12-21)24-7-3-5-9-26(24)38-29(39)17-33-35-38/h3-16,19H,17-18H2,1-2H3. The van der Waals surface area contributed by atoms with Crippen molar-refractivity contribution < 1.29 is 4.79 Å². The number of nitrogens with zero attached hydrogens (tertiary/aromatic N) is 7. The van der Waals surface area contributed by atoms with Gasteiger partial charge in [-0.05, 0) is 53.9 Å². The molecular formula is C31H25N7O. The number of para-hydroxylation sites is 3. The van der Waals surface area contributed by atoms with Gasteiger partial charge in [0.05, 0.1) is 34.1 Å². The van der Waals surface area contributed by atoms with E-state index in [-0.39, 0.29) is 12.5 Å². The molecule has 0 N–H and O–H groups in total. The van der Waals surface area contributed by atoms with Crippen LogP contribution in [0.4, 0.5) is 5.69 Å². The predicted molar refractivity (Wildman–Crippen MR) is 152 cm³/mol. The van der Waals surface area contributed by atoms with Crippen LogP contribution in [-0.2, 0) is 18.4 Å². The molecule has 0 radical (unpaired) electrons. The predicted octanol–water partition coefficient (Wildman–Crippen LogP) is 6.33. The van der Waals surface area contributed by atoms with Gasteiger partial charge in [0.25, 0.3) is 5.91 Å². The second-order valence-corrected chi connectivity index (χ2v) is 9.83. The molecule has 1 aliphatic heterocycles. The van der Waals surface area contributed by atoms with Crippen molar-refractivity contribution in [2.45, 2.75) is 13.5 Å². The first-order valence-corrected chi connectivity index (χ1v) is 12.8. The highest BCUT2D eigenvalue weighted by atomic mass is 16.2. The van der Waals surface area contributed by atoms with Crippen LogP contribution in [0.3, 0.4) is 0 Å². The van der Waals surface area contributed by atoms with Crippen LogP contribution in [0, 0.1) is 6.92 Å². The van der Waals surface area contributed by atoms with Crippen LogP contribution in [-0.4, -0.2) is 31.6 Å². The SMILES string of the molecule is Cc1cc(-c2nc3ccccc3n2C)cc2c1ncn2Cc1ccc(-c2ccccc2N2N=NCC2=O)cc1. The topological polar surface area (TPSA) is 80.7 Å². The van der Waals surface area contributed by atoms with Gasteiger partial charge in [-0.3, -0.25) is 4.79 Å². The summed E-state index contributed by atoms with van der Waals surface area (Å²) in [6.45, 7) is 2.87. The third-order valence-electron chi connectivity index (χ3n) is 7.31. The highest BCUT2D eigenvalue weighted by Crippen LogP contribution is 2.33. The van der Waals surface area contributed by atoms with Crippen LogP contribution < -0.4 is 5.01 Å². The summed E-state index contributed by atoms with van der Waals surface area (Å²) in [6.07, 6.45) is 1.91. The Bertz CT molecular complexity index is 1910. The Morgan fingerprint density at radius 1 is 0.872 bits per heavy atom. The molecule has 6 aromatic rings. The molecule has 0 saturated heterocycles. The Labute approximate surface area is 224 Å². The second-order valence-electron chi connectivity index (χ2n) is 9.83. The zero-order chi connectivity index (χ0) is 26.5. The van der Waals surface area contributed by atoms with Crippen LogP contribution in [0.5, 0.6) is 0 Å². The smallest absolute Gasteiger partial charge is 0.272 e. The summed E-state index contributed by atoms with van der Waals surface area (Å²) in [7, 11) is 2.06. The number of aromatic nitrogens is 4. The minimum absolute atomic E-state index is 0.0872. The summed E-state index contributed by atoms with van der Waals surface area (Å²) in [5.41, 5.74) is 10.2. The van der Waals surface area contributed by atoms with Crippen molar-refractivity contribution in [2.24, 2.45) is 17.4 Å². The molecule has 4 aromatic carbocycles. The van der Waals surface area contributed by atoms with E-state index >= 15 is 0 Å². The van der Waals surface area contributed by atoms with Gasteiger partial charge in [-0.1, -0.05) is 59.8 Å². The summed E-state index contributed by atoms with van der Waals surface area (Å²) in [5.74, 6) is 0.812. The highest BCUT2D eigenvalue weighted by molar-refractivity contribution is 5.99. The Morgan fingerprint density at radius 2 is 1.67 bits per heavy atom. The summed E-state index contributed by atoms with van der Waals surface area (Å²) in [5, 5.41) is 9.27. The van der Waals surface area contributed by atoms with Crippen molar-refractivity contribution in [3.8, 4) is 22.5 Å². The van der Waals surface area contributed by atoms with Gasteiger partial charge in [0.15, 0.2) is 0 Å². The first-order valence-electron chi connectivity index (χ1n) is 12.8. The number of carbonyl (C=O) groups is 1. The van der Waals surface area contributed by atoms with Crippen molar-refractivity contribution >= 4 is 33.7 Å². The number of hydrogen-bond donors (Lipinski definition) is 0. The zero-order valence-electron chi connectivity index (χ0n) is 21.6. The monoisotopic (exact) mass is 511 g/mol. The molecule has 0 atom stereocenters. The fraction of sp³-hybridized carbons (Fsp3) is 0.129. The summed E-state index contributed by atoms with van der Waals surface area (Å²) < 4.78 is 4.32. The van der Waals surface area contributed by atoms with E-state index < -0.39 is 0 Å². The van der Waals surface area contributed by atoms with Crippen molar-refractivity contribution in [3.63, 3.8) is 0 Å². The average molecular weight is 512 g/mol. The van der Waals surface area contributed by atoms with Crippen LogP contribution in [0.2, 0.25) is 0 Å². The van der Waals surface area contributed by atoms with Gasteiger partial charge >= 0.3 is 0 Å². The number of fused-ring (bicyclic) bond motifs is 2. The lowest BCUT2D eigenvalue weighted by Crippen LogP contribution is -2.22. The third kappa shape index (κ3) is 3.88. The van der Waals surface area contributed by atoms with E-state index in [0.29, 0.717) is 6.54 Å². The van der Waals surface area contributed by atoms with Crippen molar-refractivity contribution in [3.05, 3.63) is 102 Å². The maximum atomic E-state index is 12.2. The second kappa shape index (κ2) is 9.02. The van der Waals surface area contributed by atoms with Gasteiger partial charge in [-0.2, -0.15) is 10.1 Å². The molecule has 7 rings (SSSR count). The normalized spacial score (nSPS) is 13.3. The molecule has 2 aromatic heterocycles. The Hall–Kier alpha value is -5.11.